The largest absolute Gasteiger partial charge is 0.333 e. The lowest BCUT2D eigenvalue weighted by atomic mass is 10.2. The van der Waals surface area contributed by atoms with Gasteiger partial charge in [0, 0.05) is 19.3 Å². The van der Waals surface area contributed by atoms with Gasteiger partial charge in [-0.3, -0.25) is 9.59 Å². The second kappa shape index (κ2) is 5.29. The fourth-order valence-corrected chi connectivity index (χ4v) is 1.20. The maximum Gasteiger partial charge on any atom is 0.333 e. The third-order valence-corrected chi connectivity index (χ3v) is 1.99. The van der Waals surface area contributed by atoms with Crippen LogP contribution in [0.1, 0.15) is 32.1 Å². The predicted octanol–water partition coefficient (Wildman–Crippen LogP) is 0.950. The first kappa shape index (κ1) is 11.4. The lowest BCUT2D eigenvalue weighted by Crippen LogP contribution is -2.31. The summed E-state index contributed by atoms with van der Waals surface area (Å²) in [6.07, 6.45) is 3.44. The molecule has 0 bridgehead atoms. The van der Waals surface area contributed by atoms with E-state index in [4.69, 9.17) is 0 Å². The summed E-state index contributed by atoms with van der Waals surface area (Å²) in [5, 5.41) is 0.566. The molecule has 0 aliphatic carbocycles. The van der Waals surface area contributed by atoms with E-state index in [0.717, 1.165) is 0 Å². The summed E-state index contributed by atoms with van der Waals surface area (Å²) < 4.78 is 0. The summed E-state index contributed by atoms with van der Waals surface area (Å²) in [4.78, 5) is 37.9. The average Bonchev–Trinajstić information content (AvgIpc) is 2.50. The molecule has 5 heteroatoms. The number of carbonyl (C=O) groups excluding carboxylic acids is 3. The van der Waals surface area contributed by atoms with Crippen molar-refractivity contribution in [3.8, 4) is 0 Å². The van der Waals surface area contributed by atoms with E-state index in [2.05, 4.69) is 11.4 Å². The number of amides is 2. The molecule has 1 rings (SSSR count). The highest BCUT2D eigenvalue weighted by atomic mass is 16.7. The van der Waals surface area contributed by atoms with Crippen molar-refractivity contribution in [2.75, 3.05) is 0 Å². The minimum atomic E-state index is -0.555. The van der Waals surface area contributed by atoms with Crippen molar-refractivity contribution in [2.24, 2.45) is 0 Å². The van der Waals surface area contributed by atoms with Crippen molar-refractivity contribution in [2.45, 2.75) is 32.1 Å². The number of allylic oxidation sites excluding steroid dienone is 1. The van der Waals surface area contributed by atoms with Gasteiger partial charge in [-0.05, 0) is 12.8 Å². The lowest BCUT2D eigenvalue weighted by molar-refractivity contribution is -0.197. The van der Waals surface area contributed by atoms with E-state index in [1.165, 1.54) is 0 Å². The Bertz CT molecular complexity index is 282. The van der Waals surface area contributed by atoms with E-state index >= 15 is 0 Å². The molecular weight excluding hydrogens is 198 g/mol. The molecule has 5 nitrogen and oxygen atoms in total. The van der Waals surface area contributed by atoms with Gasteiger partial charge in [-0.1, -0.05) is 6.08 Å². The van der Waals surface area contributed by atoms with Gasteiger partial charge in [0.25, 0.3) is 11.8 Å². The molecule has 0 spiro atoms. The number of hydrogen-bond donors (Lipinski definition) is 0. The lowest BCUT2D eigenvalue weighted by Gasteiger charge is -2.11. The zero-order valence-electron chi connectivity index (χ0n) is 8.40. The minimum absolute atomic E-state index is 0.124. The number of nitrogens with zero attached hydrogens (tertiary/aromatic N) is 1. The molecule has 15 heavy (non-hydrogen) atoms. The third-order valence-electron chi connectivity index (χ3n) is 1.99. The first-order chi connectivity index (χ1) is 7.15. The molecule has 1 aliphatic heterocycles. The number of hydrogen-bond acceptors (Lipinski definition) is 4. The van der Waals surface area contributed by atoms with Gasteiger partial charge >= 0.3 is 5.97 Å². The number of imide groups is 1. The second-order valence-corrected chi connectivity index (χ2v) is 3.23. The molecule has 1 aliphatic rings. The van der Waals surface area contributed by atoms with Gasteiger partial charge in [-0.15, -0.1) is 11.6 Å². The average molecular weight is 211 g/mol. The van der Waals surface area contributed by atoms with Crippen LogP contribution in [0, 0.1) is 0 Å². The van der Waals surface area contributed by atoms with Crippen LogP contribution in [0.2, 0.25) is 0 Å². The monoisotopic (exact) mass is 211 g/mol. The molecule has 0 unspecified atom stereocenters. The summed E-state index contributed by atoms with van der Waals surface area (Å²) in [5.74, 6) is -1.45. The van der Waals surface area contributed by atoms with Crippen LogP contribution in [0.25, 0.3) is 0 Å². The number of carbonyl (C=O) groups is 3. The zero-order valence-corrected chi connectivity index (χ0v) is 8.40. The Labute approximate surface area is 87.6 Å². The molecule has 0 aromatic heterocycles. The summed E-state index contributed by atoms with van der Waals surface area (Å²) >= 11 is 0. The van der Waals surface area contributed by atoms with Crippen molar-refractivity contribution in [1.82, 2.24) is 5.06 Å². The topological polar surface area (TPSA) is 63.7 Å². The molecule has 82 valence electrons. The molecule has 2 amide bonds. The number of unbranched alkanes of at least 4 members (excludes halogenated alkanes) is 1. The fourth-order valence-electron chi connectivity index (χ4n) is 1.20. The molecule has 0 saturated carbocycles. The smallest absolute Gasteiger partial charge is 0.330 e. The van der Waals surface area contributed by atoms with Crippen LogP contribution in [-0.4, -0.2) is 22.8 Å². The normalized spacial score (nSPS) is 15.6. The van der Waals surface area contributed by atoms with Crippen LogP contribution in [0.15, 0.2) is 12.7 Å². The first-order valence-corrected chi connectivity index (χ1v) is 4.82. The van der Waals surface area contributed by atoms with E-state index < -0.39 is 17.8 Å². The maximum atomic E-state index is 11.2. The van der Waals surface area contributed by atoms with Gasteiger partial charge in [0.05, 0.1) is 0 Å². The summed E-state index contributed by atoms with van der Waals surface area (Å²) in [7, 11) is 0. The predicted molar refractivity (Wildman–Crippen MR) is 51.2 cm³/mol. The molecule has 0 radical (unpaired) electrons. The van der Waals surface area contributed by atoms with Gasteiger partial charge < -0.3 is 4.84 Å². The van der Waals surface area contributed by atoms with Crippen LogP contribution in [-0.2, 0) is 19.2 Å². The highest BCUT2D eigenvalue weighted by Crippen LogP contribution is 2.13. The van der Waals surface area contributed by atoms with Gasteiger partial charge in [0.2, 0.25) is 0 Å². The van der Waals surface area contributed by atoms with E-state index in [1.54, 1.807) is 6.08 Å². The van der Waals surface area contributed by atoms with Gasteiger partial charge in [-0.25, -0.2) is 4.79 Å². The first-order valence-electron chi connectivity index (χ1n) is 4.82. The molecule has 1 heterocycles. The fraction of sp³-hybridized carbons (Fsp3) is 0.500. The number of rotatable bonds is 5. The third kappa shape index (κ3) is 3.19. The molecular formula is C10H13NO4. The molecule has 0 N–H and O–H groups in total. The van der Waals surface area contributed by atoms with E-state index in [9.17, 15) is 14.4 Å². The second-order valence-electron chi connectivity index (χ2n) is 3.23. The van der Waals surface area contributed by atoms with Crippen molar-refractivity contribution in [3.05, 3.63) is 12.7 Å². The Balaban J connectivity index is 2.33. The standard InChI is InChI=1S/C10H13NO4/c1-2-3-4-5-10(14)15-11-8(12)6-7-9(11)13/h2H,1,3-7H2. The van der Waals surface area contributed by atoms with E-state index in [1.807, 2.05) is 0 Å². The Morgan fingerprint density at radius 1 is 1.40 bits per heavy atom. The molecule has 1 fully saturated rings. The molecule has 0 aromatic carbocycles. The van der Waals surface area contributed by atoms with Crippen molar-refractivity contribution in [1.29, 1.82) is 0 Å². The zero-order chi connectivity index (χ0) is 11.3. The summed E-state index contributed by atoms with van der Waals surface area (Å²) in [5.41, 5.74) is 0. The quantitative estimate of drug-likeness (QED) is 0.386. The summed E-state index contributed by atoms with van der Waals surface area (Å²) in [6.45, 7) is 3.51. The Kier molecular flexibility index (Phi) is 4.03. The van der Waals surface area contributed by atoms with Crippen molar-refractivity contribution in [3.63, 3.8) is 0 Å². The Morgan fingerprint density at radius 3 is 2.53 bits per heavy atom. The summed E-state index contributed by atoms with van der Waals surface area (Å²) in [6, 6.07) is 0. The minimum Gasteiger partial charge on any atom is -0.330 e. The molecule has 0 atom stereocenters. The van der Waals surface area contributed by atoms with Crippen LogP contribution in [0.5, 0.6) is 0 Å². The molecule has 1 saturated heterocycles. The van der Waals surface area contributed by atoms with Gasteiger partial charge in [0.1, 0.15) is 0 Å². The van der Waals surface area contributed by atoms with E-state index in [-0.39, 0.29) is 19.3 Å². The highest BCUT2D eigenvalue weighted by molar-refractivity contribution is 6.01. The van der Waals surface area contributed by atoms with Crippen LogP contribution >= 0.6 is 0 Å². The SMILES string of the molecule is C=CCCCC(=O)ON1C(=O)CCC1=O. The van der Waals surface area contributed by atoms with Crippen LogP contribution in [0.4, 0.5) is 0 Å². The Morgan fingerprint density at radius 2 is 2.00 bits per heavy atom. The van der Waals surface area contributed by atoms with Crippen molar-refractivity contribution >= 4 is 17.8 Å². The Hall–Kier alpha value is -1.65. The van der Waals surface area contributed by atoms with Crippen LogP contribution in [0.3, 0.4) is 0 Å². The van der Waals surface area contributed by atoms with Crippen molar-refractivity contribution < 1.29 is 19.2 Å². The van der Waals surface area contributed by atoms with Gasteiger partial charge in [-0.2, -0.15) is 0 Å². The van der Waals surface area contributed by atoms with Crippen LogP contribution < -0.4 is 0 Å². The number of hydroxylamine groups is 2. The molecule has 0 aromatic rings. The maximum absolute atomic E-state index is 11.2. The highest BCUT2D eigenvalue weighted by Gasteiger charge is 2.32. The van der Waals surface area contributed by atoms with E-state index in [0.29, 0.717) is 17.9 Å². The van der Waals surface area contributed by atoms with Gasteiger partial charge in [0.15, 0.2) is 0 Å².